The van der Waals surface area contributed by atoms with Gasteiger partial charge in [0, 0.05) is 6.54 Å². The molecule has 55 heavy (non-hydrogen) atoms. The van der Waals surface area contributed by atoms with Gasteiger partial charge in [0.1, 0.15) is 0 Å². The minimum Gasteiger partial charge on any atom is -0.393 e. The highest BCUT2D eigenvalue weighted by Crippen LogP contribution is 2.43. The van der Waals surface area contributed by atoms with Crippen molar-refractivity contribution in [3.8, 4) is 0 Å². The smallest absolute Gasteiger partial charge is 0.393 e. The monoisotopic (exact) mass is 805 g/mol. The quantitative estimate of drug-likeness (QED) is 0.0301. The van der Waals surface area contributed by atoms with E-state index < -0.39 is 32.0 Å². The maximum Gasteiger partial charge on any atom is 0.472 e. The molecule has 10 heteroatoms. The summed E-state index contributed by atoms with van der Waals surface area (Å²) < 4.78 is 22.2. The first-order valence-corrected chi connectivity index (χ1v) is 25.2. The number of amides is 1. The number of nitrogens with one attached hydrogen (secondary N) is 1. The molecule has 0 aromatic rings. The number of unbranched alkanes of at least 4 members (excludes halogenated alkanes) is 31. The van der Waals surface area contributed by atoms with E-state index in [-0.39, 0.29) is 26.2 Å². The number of aliphatic hydroxyl groups excluding tert-OH is 2. The molecule has 0 aliphatic carbocycles. The van der Waals surface area contributed by atoms with Crippen molar-refractivity contribution < 1.29 is 33.5 Å². The molecule has 330 valence electrons. The number of hydrogen-bond acceptors (Lipinski definition) is 7. The molecule has 4 atom stereocenters. The molecule has 0 aromatic heterocycles. The summed E-state index contributed by atoms with van der Waals surface area (Å²) in [5.41, 5.74) is 5.38. The lowest BCUT2D eigenvalue weighted by atomic mass is 10.0. The van der Waals surface area contributed by atoms with Crippen LogP contribution in [-0.2, 0) is 18.4 Å². The Morgan fingerprint density at radius 1 is 0.545 bits per heavy atom. The number of hydrogen-bond donors (Lipinski definition) is 5. The summed E-state index contributed by atoms with van der Waals surface area (Å²) in [5, 5.41) is 24.2. The zero-order chi connectivity index (χ0) is 40.5. The normalized spacial score (nSPS) is 14.5. The standard InChI is InChI=1S/C45H93N2O7P/c1-3-5-7-9-11-13-15-17-18-19-20-21-22-23-25-27-29-31-33-35-37-44(49)43(41-54-55(51,52)53-39-38-46)47-45(50)40-42(48)36-34-32-30-28-26-24-16-14-12-10-8-6-4-2/h42-44,48-49H,3-41,46H2,1-2H3,(H,47,50)(H,51,52). The summed E-state index contributed by atoms with van der Waals surface area (Å²) in [4.78, 5) is 22.8. The number of phosphoric acid groups is 1. The summed E-state index contributed by atoms with van der Waals surface area (Å²) in [6.07, 6.45) is 41.5. The van der Waals surface area contributed by atoms with E-state index in [1.807, 2.05) is 0 Å². The van der Waals surface area contributed by atoms with Gasteiger partial charge in [0.05, 0.1) is 37.9 Å². The lowest BCUT2D eigenvalue weighted by Gasteiger charge is -2.25. The van der Waals surface area contributed by atoms with Gasteiger partial charge in [-0.1, -0.05) is 226 Å². The van der Waals surface area contributed by atoms with Gasteiger partial charge in [-0.05, 0) is 12.8 Å². The lowest BCUT2D eigenvalue weighted by Crippen LogP contribution is -2.47. The number of carbonyl (C=O) groups excluding carboxylic acids is 1. The van der Waals surface area contributed by atoms with Crippen LogP contribution >= 0.6 is 7.82 Å². The van der Waals surface area contributed by atoms with Crippen LogP contribution in [-0.4, -0.2) is 59.0 Å². The Labute approximate surface area is 340 Å². The Hall–Kier alpha value is -0.540. The van der Waals surface area contributed by atoms with E-state index in [0.29, 0.717) is 12.8 Å². The molecule has 0 saturated carbocycles. The maximum atomic E-state index is 12.8. The fourth-order valence-electron chi connectivity index (χ4n) is 7.42. The van der Waals surface area contributed by atoms with Gasteiger partial charge < -0.3 is 26.2 Å². The molecule has 0 aliphatic heterocycles. The highest BCUT2D eigenvalue weighted by Gasteiger charge is 2.28. The highest BCUT2D eigenvalue weighted by atomic mass is 31.2. The number of nitrogens with two attached hydrogens (primary N) is 1. The molecule has 4 unspecified atom stereocenters. The van der Waals surface area contributed by atoms with Crippen molar-refractivity contribution in [1.29, 1.82) is 0 Å². The molecular weight excluding hydrogens is 711 g/mol. The predicted molar refractivity (Wildman–Crippen MR) is 232 cm³/mol. The lowest BCUT2D eigenvalue weighted by molar-refractivity contribution is -0.125. The molecule has 6 N–H and O–H groups in total. The molecule has 0 aromatic carbocycles. The molecule has 0 rings (SSSR count). The van der Waals surface area contributed by atoms with Crippen LogP contribution in [0.1, 0.15) is 245 Å². The van der Waals surface area contributed by atoms with Gasteiger partial charge in [0.2, 0.25) is 5.91 Å². The Kier molecular flexibility index (Phi) is 41.2. The molecule has 0 radical (unpaired) electrons. The van der Waals surface area contributed by atoms with Crippen LogP contribution in [0.3, 0.4) is 0 Å². The SMILES string of the molecule is CCCCCCCCCCCCCCCCCCCCCCC(O)C(COP(=O)(O)OCCN)NC(=O)CC(O)CCCCCCCCCCCCCCC. The molecule has 1 amide bonds. The number of phosphoric ester groups is 1. The summed E-state index contributed by atoms with van der Waals surface area (Å²) in [7, 11) is -4.37. The fourth-order valence-corrected chi connectivity index (χ4v) is 8.18. The second-order valence-electron chi connectivity index (χ2n) is 16.5. The van der Waals surface area contributed by atoms with Crippen molar-refractivity contribution >= 4 is 13.7 Å². The van der Waals surface area contributed by atoms with E-state index in [1.165, 1.54) is 173 Å². The second-order valence-corrected chi connectivity index (χ2v) is 18.0. The van der Waals surface area contributed by atoms with Crippen molar-refractivity contribution in [3.63, 3.8) is 0 Å². The summed E-state index contributed by atoms with van der Waals surface area (Å²) in [6.45, 7) is 4.08. The van der Waals surface area contributed by atoms with E-state index in [9.17, 15) is 24.5 Å². The highest BCUT2D eigenvalue weighted by molar-refractivity contribution is 7.47. The third-order valence-electron chi connectivity index (χ3n) is 11.0. The summed E-state index contributed by atoms with van der Waals surface area (Å²) in [5.74, 6) is -0.408. The predicted octanol–water partition coefficient (Wildman–Crippen LogP) is 12.4. The van der Waals surface area contributed by atoms with Crippen molar-refractivity contribution in [2.45, 2.75) is 263 Å². The Morgan fingerprint density at radius 2 is 0.873 bits per heavy atom. The van der Waals surface area contributed by atoms with Gasteiger partial charge in [-0.15, -0.1) is 0 Å². The minimum atomic E-state index is -4.37. The number of carbonyl (C=O) groups is 1. The van der Waals surface area contributed by atoms with E-state index in [2.05, 4.69) is 19.2 Å². The van der Waals surface area contributed by atoms with Crippen LogP contribution in [0.25, 0.3) is 0 Å². The molecule has 0 heterocycles. The molecule has 0 fully saturated rings. The van der Waals surface area contributed by atoms with Crippen LogP contribution in [0, 0.1) is 0 Å². The van der Waals surface area contributed by atoms with Gasteiger partial charge in [0.25, 0.3) is 0 Å². The molecule has 0 spiro atoms. The maximum absolute atomic E-state index is 12.8. The van der Waals surface area contributed by atoms with E-state index in [4.69, 9.17) is 14.8 Å². The van der Waals surface area contributed by atoms with E-state index in [0.717, 1.165) is 38.5 Å². The number of aliphatic hydroxyl groups is 2. The third-order valence-corrected chi connectivity index (χ3v) is 12.0. The average molecular weight is 805 g/mol. The van der Waals surface area contributed by atoms with Gasteiger partial charge in [-0.2, -0.15) is 0 Å². The molecular formula is C45H93N2O7P. The van der Waals surface area contributed by atoms with E-state index >= 15 is 0 Å². The van der Waals surface area contributed by atoms with Crippen molar-refractivity contribution in [3.05, 3.63) is 0 Å². The van der Waals surface area contributed by atoms with Gasteiger partial charge in [-0.25, -0.2) is 4.57 Å². The van der Waals surface area contributed by atoms with Crippen LogP contribution in [0.4, 0.5) is 0 Å². The first kappa shape index (κ1) is 54.5. The summed E-state index contributed by atoms with van der Waals surface area (Å²) >= 11 is 0. The largest absolute Gasteiger partial charge is 0.472 e. The van der Waals surface area contributed by atoms with Crippen LogP contribution in [0.15, 0.2) is 0 Å². The second kappa shape index (κ2) is 41.6. The van der Waals surface area contributed by atoms with Crippen molar-refractivity contribution in [1.82, 2.24) is 5.32 Å². The number of rotatable bonds is 45. The molecule has 0 bridgehead atoms. The Balaban J connectivity index is 4.16. The first-order chi connectivity index (χ1) is 26.8. The van der Waals surface area contributed by atoms with Gasteiger partial charge in [-0.3, -0.25) is 13.8 Å². The minimum absolute atomic E-state index is 0.0628. The zero-order valence-electron chi connectivity index (χ0n) is 36.3. The van der Waals surface area contributed by atoms with Crippen LogP contribution in [0.5, 0.6) is 0 Å². The molecule has 0 aliphatic rings. The average Bonchev–Trinajstić information content (AvgIpc) is 3.16. The van der Waals surface area contributed by atoms with Crippen molar-refractivity contribution in [2.75, 3.05) is 19.8 Å². The zero-order valence-corrected chi connectivity index (χ0v) is 37.2. The third kappa shape index (κ3) is 40.0. The van der Waals surface area contributed by atoms with Crippen LogP contribution in [0.2, 0.25) is 0 Å². The fraction of sp³-hybridized carbons (Fsp3) is 0.978. The molecule has 9 nitrogen and oxygen atoms in total. The topological polar surface area (TPSA) is 151 Å². The van der Waals surface area contributed by atoms with Gasteiger partial charge in [0.15, 0.2) is 0 Å². The first-order valence-electron chi connectivity index (χ1n) is 23.7. The van der Waals surface area contributed by atoms with Gasteiger partial charge >= 0.3 is 7.82 Å². The van der Waals surface area contributed by atoms with Crippen molar-refractivity contribution in [2.24, 2.45) is 5.73 Å². The van der Waals surface area contributed by atoms with Crippen LogP contribution < -0.4 is 11.1 Å². The molecule has 0 saturated heterocycles. The van der Waals surface area contributed by atoms with E-state index in [1.54, 1.807) is 0 Å². The Bertz CT molecular complexity index is 852. The Morgan fingerprint density at radius 3 is 1.22 bits per heavy atom. The summed E-state index contributed by atoms with van der Waals surface area (Å²) in [6, 6.07) is -0.890.